The third kappa shape index (κ3) is 2.48. The first kappa shape index (κ1) is 12.9. The molecule has 0 amide bonds. The fourth-order valence-corrected chi connectivity index (χ4v) is 2.71. The molecule has 3 nitrogen and oxygen atoms in total. The highest BCUT2D eigenvalue weighted by Gasteiger charge is 2.13. The van der Waals surface area contributed by atoms with Gasteiger partial charge >= 0.3 is 0 Å². The van der Waals surface area contributed by atoms with E-state index in [1.54, 1.807) is 16.8 Å². The van der Waals surface area contributed by atoms with Crippen LogP contribution in [0.1, 0.15) is 11.1 Å². The monoisotopic (exact) mass is 355 g/mol. The molecule has 6 heteroatoms. The molecule has 0 saturated heterocycles. The Morgan fingerprint density at radius 1 is 1.11 bits per heavy atom. The fourth-order valence-electron chi connectivity index (χ4n) is 1.87. The van der Waals surface area contributed by atoms with Crippen LogP contribution in [0.3, 0.4) is 0 Å². The highest BCUT2D eigenvalue weighted by molar-refractivity contribution is 9.10. The van der Waals surface area contributed by atoms with E-state index in [0.717, 1.165) is 15.6 Å². The molecule has 3 aromatic rings. The van der Waals surface area contributed by atoms with Crippen LogP contribution in [0.5, 0.6) is 0 Å². The molecule has 0 aliphatic heterocycles. The molecule has 19 heavy (non-hydrogen) atoms. The fraction of sp³-hybridized carbons (Fsp3) is 0.0769. The summed E-state index contributed by atoms with van der Waals surface area (Å²) in [6, 6.07) is 9.77. The lowest BCUT2D eigenvalue weighted by atomic mass is 10.1. The number of benzene rings is 1. The average Bonchev–Trinajstić information content (AvgIpc) is 2.85. The van der Waals surface area contributed by atoms with Crippen LogP contribution < -0.4 is 0 Å². The SMILES string of the molecule is Clc1nc2ccnn2c(Cl)c1Cc1ccc(Br)cc1. The molecule has 0 aliphatic rings. The first-order valence-corrected chi connectivity index (χ1v) is 7.12. The molecule has 0 fully saturated rings. The van der Waals surface area contributed by atoms with Crippen molar-refractivity contribution in [3.05, 3.63) is 62.4 Å². The summed E-state index contributed by atoms with van der Waals surface area (Å²) in [5.74, 6) is 0. The number of fused-ring (bicyclic) bond motifs is 1. The van der Waals surface area contributed by atoms with Crippen molar-refractivity contribution in [1.82, 2.24) is 14.6 Å². The van der Waals surface area contributed by atoms with Crippen molar-refractivity contribution >= 4 is 44.8 Å². The number of hydrogen-bond donors (Lipinski definition) is 0. The molecule has 1 aromatic carbocycles. The number of hydrogen-bond acceptors (Lipinski definition) is 2. The first-order chi connectivity index (χ1) is 9.15. The maximum atomic E-state index is 6.34. The van der Waals surface area contributed by atoms with Crippen molar-refractivity contribution in [1.29, 1.82) is 0 Å². The van der Waals surface area contributed by atoms with Crippen LogP contribution in [0.4, 0.5) is 0 Å². The minimum atomic E-state index is 0.418. The zero-order valence-corrected chi connectivity index (χ0v) is 12.7. The summed E-state index contributed by atoms with van der Waals surface area (Å²) in [4.78, 5) is 4.28. The third-order valence-electron chi connectivity index (χ3n) is 2.81. The Bertz CT molecular complexity index is 737. The summed E-state index contributed by atoms with van der Waals surface area (Å²) in [6.07, 6.45) is 2.27. The highest BCUT2D eigenvalue weighted by atomic mass is 79.9. The van der Waals surface area contributed by atoms with Gasteiger partial charge in [0.2, 0.25) is 0 Å². The van der Waals surface area contributed by atoms with Gasteiger partial charge in [-0.1, -0.05) is 51.3 Å². The van der Waals surface area contributed by atoms with Crippen LogP contribution in [0, 0.1) is 0 Å². The molecule has 0 aliphatic carbocycles. The normalized spacial score (nSPS) is 11.1. The Morgan fingerprint density at radius 3 is 2.58 bits per heavy atom. The van der Waals surface area contributed by atoms with Crippen LogP contribution in [-0.4, -0.2) is 14.6 Å². The molecule has 0 radical (unpaired) electrons. The second-order valence-electron chi connectivity index (χ2n) is 4.08. The van der Waals surface area contributed by atoms with E-state index in [-0.39, 0.29) is 0 Å². The van der Waals surface area contributed by atoms with E-state index < -0.39 is 0 Å². The molecule has 0 bridgehead atoms. The Kier molecular flexibility index (Phi) is 3.48. The molecule has 96 valence electrons. The van der Waals surface area contributed by atoms with Gasteiger partial charge in [0.15, 0.2) is 5.65 Å². The van der Waals surface area contributed by atoms with Gasteiger partial charge in [-0.05, 0) is 17.7 Å². The minimum absolute atomic E-state index is 0.418. The van der Waals surface area contributed by atoms with Crippen molar-refractivity contribution in [2.45, 2.75) is 6.42 Å². The number of halogens is 3. The lowest BCUT2D eigenvalue weighted by Crippen LogP contribution is -2.01. The van der Waals surface area contributed by atoms with Crippen molar-refractivity contribution in [2.75, 3.05) is 0 Å². The van der Waals surface area contributed by atoms with E-state index in [1.165, 1.54) is 0 Å². The van der Waals surface area contributed by atoms with Gasteiger partial charge in [0, 0.05) is 22.5 Å². The Hall–Kier alpha value is -1.10. The van der Waals surface area contributed by atoms with Gasteiger partial charge in [0.05, 0.1) is 6.20 Å². The molecule has 2 heterocycles. The molecular weight excluding hydrogens is 349 g/mol. The van der Waals surface area contributed by atoms with Gasteiger partial charge in [-0.15, -0.1) is 0 Å². The van der Waals surface area contributed by atoms with Crippen molar-refractivity contribution in [3.63, 3.8) is 0 Å². The summed E-state index contributed by atoms with van der Waals surface area (Å²) in [7, 11) is 0. The molecule has 0 saturated carbocycles. The predicted octanol–water partition coefficient (Wildman–Crippen LogP) is 4.39. The van der Waals surface area contributed by atoms with Crippen LogP contribution >= 0.6 is 39.1 Å². The van der Waals surface area contributed by atoms with E-state index in [4.69, 9.17) is 23.2 Å². The summed E-state index contributed by atoms with van der Waals surface area (Å²) >= 11 is 15.9. The number of rotatable bonds is 2. The summed E-state index contributed by atoms with van der Waals surface area (Å²) < 4.78 is 2.62. The maximum absolute atomic E-state index is 6.34. The predicted molar refractivity (Wildman–Crippen MR) is 80.0 cm³/mol. The van der Waals surface area contributed by atoms with Crippen LogP contribution in [-0.2, 0) is 6.42 Å². The van der Waals surface area contributed by atoms with E-state index in [9.17, 15) is 0 Å². The molecule has 0 unspecified atom stereocenters. The van der Waals surface area contributed by atoms with E-state index in [2.05, 4.69) is 26.0 Å². The lowest BCUT2D eigenvalue weighted by molar-refractivity contribution is 0.917. The Morgan fingerprint density at radius 2 is 1.84 bits per heavy atom. The van der Waals surface area contributed by atoms with E-state index in [0.29, 0.717) is 22.4 Å². The first-order valence-electron chi connectivity index (χ1n) is 5.57. The largest absolute Gasteiger partial charge is 0.216 e. The molecule has 0 N–H and O–H groups in total. The molecule has 0 atom stereocenters. The second kappa shape index (κ2) is 5.12. The van der Waals surface area contributed by atoms with Gasteiger partial charge in [-0.2, -0.15) is 5.10 Å². The van der Waals surface area contributed by atoms with Gasteiger partial charge in [0.25, 0.3) is 0 Å². The van der Waals surface area contributed by atoms with Gasteiger partial charge in [0.1, 0.15) is 10.3 Å². The molecule has 0 spiro atoms. The second-order valence-corrected chi connectivity index (χ2v) is 5.71. The van der Waals surface area contributed by atoms with Crippen molar-refractivity contribution < 1.29 is 0 Å². The molecule has 2 aromatic heterocycles. The highest BCUT2D eigenvalue weighted by Crippen LogP contribution is 2.26. The van der Waals surface area contributed by atoms with Crippen molar-refractivity contribution in [2.24, 2.45) is 0 Å². The topological polar surface area (TPSA) is 30.2 Å². The van der Waals surface area contributed by atoms with Crippen LogP contribution in [0.2, 0.25) is 10.3 Å². The average molecular weight is 357 g/mol. The minimum Gasteiger partial charge on any atom is -0.216 e. The summed E-state index contributed by atoms with van der Waals surface area (Å²) in [6.45, 7) is 0. The third-order valence-corrected chi connectivity index (χ3v) is 4.04. The zero-order valence-electron chi connectivity index (χ0n) is 9.65. The van der Waals surface area contributed by atoms with Crippen molar-refractivity contribution in [3.8, 4) is 0 Å². The number of aromatic nitrogens is 3. The van der Waals surface area contributed by atoms with Gasteiger partial charge < -0.3 is 0 Å². The van der Waals surface area contributed by atoms with E-state index in [1.807, 2.05) is 24.3 Å². The maximum Gasteiger partial charge on any atom is 0.158 e. The Labute approximate surface area is 128 Å². The zero-order chi connectivity index (χ0) is 13.4. The molecule has 3 rings (SSSR count). The number of nitrogens with zero attached hydrogens (tertiary/aromatic N) is 3. The Balaban J connectivity index is 2.06. The standard InChI is InChI=1S/C13H8BrCl2N3/c14-9-3-1-8(2-4-9)7-10-12(15)18-11-5-6-17-19(11)13(10)16/h1-6H,7H2. The smallest absolute Gasteiger partial charge is 0.158 e. The van der Waals surface area contributed by atoms with Gasteiger partial charge in [-0.3, -0.25) is 0 Å². The molecular formula is C13H8BrCl2N3. The van der Waals surface area contributed by atoms with Crippen LogP contribution in [0.25, 0.3) is 5.65 Å². The van der Waals surface area contributed by atoms with Gasteiger partial charge in [-0.25, -0.2) is 9.50 Å². The van der Waals surface area contributed by atoms with E-state index >= 15 is 0 Å². The quantitative estimate of drug-likeness (QED) is 0.637. The summed E-state index contributed by atoms with van der Waals surface area (Å²) in [5, 5.41) is 5.05. The lowest BCUT2D eigenvalue weighted by Gasteiger charge is -2.08. The van der Waals surface area contributed by atoms with Crippen LogP contribution in [0.15, 0.2) is 41.0 Å². The summed E-state index contributed by atoms with van der Waals surface area (Å²) in [5.41, 5.74) is 2.54.